The van der Waals surface area contributed by atoms with Gasteiger partial charge in [0, 0.05) is 6.20 Å². The molecule has 1 fully saturated rings. The molecule has 0 aliphatic carbocycles. The number of hydrogen-bond donors (Lipinski definition) is 2. The van der Waals surface area contributed by atoms with Crippen LogP contribution < -0.4 is 9.64 Å². The molecule has 0 saturated carbocycles. The summed E-state index contributed by atoms with van der Waals surface area (Å²) in [6, 6.07) is 6.90. The number of anilines is 1. The minimum Gasteiger partial charge on any atom is -0.505 e. The van der Waals surface area contributed by atoms with Crippen LogP contribution in [0.2, 0.25) is 0 Å². The number of ether oxygens (including phenoxy) is 2. The number of pyridine rings is 1. The van der Waals surface area contributed by atoms with Crippen molar-refractivity contribution in [3.05, 3.63) is 75.2 Å². The number of hydrogen-bond acceptors (Lipinski definition) is 10. The number of nitrogens with zero attached hydrogens (tertiary/aromatic N) is 4. The summed E-state index contributed by atoms with van der Waals surface area (Å²) in [5, 5.41) is 21.9. The van der Waals surface area contributed by atoms with E-state index in [1.165, 1.54) is 25.3 Å². The maximum absolute atomic E-state index is 13.6. The van der Waals surface area contributed by atoms with Crippen molar-refractivity contribution < 1.29 is 34.1 Å². The van der Waals surface area contributed by atoms with E-state index in [4.69, 9.17) is 9.47 Å². The van der Waals surface area contributed by atoms with Crippen LogP contribution >= 0.6 is 11.3 Å². The van der Waals surface area contributed by atoms with Crippen LogP contribution in [0.4, 0.5) is 5.13 Å². The normalized spacial score (nSPS) is 16.6. The van der Waals surface area contributed by atoms with E-state index in [-0.39, 0.29) is 39.4 Å². The molecule has 5 rings (SSSR count). The summed E-state index contributed by atoms with van der Waals surface area (Å²) < 4.78 is 12.2. The predicted molar refractivity (Wildman–Crippen MR) is 147 cm³/mol. The first kappa shape index (κ1) is 26.9. The largest absolute Gasteiger partial charge is 0.505 e. The number of phenols is 1. The number of imidazole rings is 1. The Morgan fingerprint density at radius 3 is 2.58 bits per heavy atom. The van der Waals surface area contributed by atoms with E-state index < -0.39 is 29.5 Å². The molecule has 1 saturated heterocycles. The number of Topliss-reactive ketones (excluding diaryl/α,β-unsaturated/α-hetero) is 1. The first-order chi connectivity index (χ1) is 19.1. The molecule has 206 valence electrons. The number of amides is 1. The number of thiazole rings is 1. The SMILES string of the molecule is CCOC(=O)c1sc(N2C(=O)C(=O)C(=C(O)c3nc4c(C)cccn4c3C)C2c2ccc(O)c(OC)c2)nc1C. The number of carbonyl (C=O) groups excluding carboxylic acids is 3. The van der Waals surface area contributed by atoms with Crippen LogP contribution in [0.3, 0.4) is 0 Å². The summed E-state index contributed by atoms with van der Waals surface area (Å²) >= 11 is 0.903. The Kier molecular flexibility index (Phi) is 6.80. The quantitative estimate of drug-likeness (QED) is 0.153. The van der Waals surface area contributed by atoms with E-state index in [1.54, 1.807) is 31.4 Å². The highest BCUT2D eigenvalue weighted by molar-refractivity contribution is 7.17. The molecule has 1 aliphatic heterocycles. The van der Waals surface area contributed by atoms with E-state index in [0.717, 1.165) is 21.8 Å². The summed E-state index contributed by atoms with van der Waals surface area (Å²) in [5.74, 6) is -3.00. The molecule has 1 aliphatic rings. The summed E-state index contributed by atoms with van der Waals surface area (Å²) in [6.45, 7) is 7.05. The van der Waals surface area contributed by atoms with Crippen LogP contribution in [0.25, 0.3) is 11.4 Å². The lowest BCUT2D eigenvalue weighted by Crippen LogP contribution is -2.29. The highest BCUT2D eigenvalue weighted by Gasteiger charge is 2.49. The molecule has 2 N–H and O–H groups in total. The molecule has 3 aromatic heterocycles. The number of esters is 1. The number of methoxy groups -OCH3 is 1. The van der Waals surface area contributed by atoms with E-state index in [1.807, 2.05) is 19.1 Å². The van der Waals surface area contributed by atoms with E-state index in [2.05, 4.69) is 9.97 Å². The zero-order valence-electron chi connectivity index (χ0n) is 22.4. The smallest absolute Gasteiger partial charge is 0.350 e. The van der Waals surface area contributed by atoms with Crippen molar-refractivity contribution >= 4 is 45.5 Å². The Balaban J connectivity index is 1.76. The standard InChI is InChI=1S/C28H26N4O7S/c1-6-39-27(37)24-14(3)29-28(40-24)32-21(16-9-10-17(33)18(12-16)38-5)19(23(35)26(32)36)22(34)20-15(4)31-11-7-8-13(2)25(31)30-20/h7-12,21,33-34H,6H2,1-5H3. The van der Waals surface area contributed by atoms with Crippen LogP contribution in [0.15, 0.2) is 42.1 Å². The maximum atomic E-state index is 13.6. The zero-order chi connectivity index (χ0) is 28.9. The van der Waals surface area contributed by atoms with Crippen molar-refractivity contribution in [2.75, 3.05) is 18.6 Å². The topological polar surface area (TPSA) is 144 Å². The fourth-order valence-electron chi connectivity index (χ4n) is 4.75. The number of aromatic hydroxyl groups is 1. The van der Waals surface area contributed by atoms with Gasteiger partial charge in [-0.15, -0.1) is 0 Å². The Hall–Kier alpha value is -4.71. The lowest BCUT2D eigenvalue weighted by molar-refractivity contribution is -0.132. The van der Waals surface area contributed by atoms with Gasteiger partial charge in [0.1, 0.15) is 16.2 Å². The van der Waals surface area contributed by atoms with Crippen LogP contribution in [0.1, 0.15) is 50.8 Å². The molecular weight excluding hydrogens is 536 g/mol. The minimum absolute atomic E-state index is 0.0707. The average molecular weight is 563 g/mol. The van der Waals surface area contributed by atoms with Crippen LogP contribution in [0.5, 0.6) is 11.5 Å². The van der Waals surface area contributed by atoms with Gasteiger partial charge in [0.05, 0.1) is 36.7 Å². The number of aliphatic hydroxyl groups excluding tert-OH is 1. The number of rotatable bonds is 6. The molecule has 40 heavy (non-hydrogen) atoms. The van der Waals surface area contributed by atoms with Gasteiger partial charge in [0.15, 0.2) is 22.4 Å². The number of fused-ring (bicyclic) bond motifs is 1. The molecule has 4 aromatic rings. The minimum atomic E-state index is -1.17. The summed E-state index contributed by atoms with van der Waals surface area (Å²) in [5.41, 5.74) is 2.63. The number of ketones is 1. The summed E-state index contributed by atoms with van der Waals surface area (Å²) in [4.78, 5) is 50.0. The van der Waals surface area contributed by atoms with Crippen molar-refractivity contribution in [2.45, 2.75) is 33.7 Å². The molecule has 4 heterocycles. The third kappa shape index (κ3) is 4.16. The molecular formula is C28H26N4O7S. The second-order valence-electron chi connectivity index (χ2n) is 9.16. The van der Waals surface area contributed by atoms with Gasteiger partial charge in [-0.1, -0.05) is 23.5 Å². The first-order valence-electron chi connectivity index (χ1n) is 12.4. The highest BCUT2D eigenvalue weighted by Crippen LogP contribution is 2.45. The number of aromatic nitrogens is 3. The van der Waals surface area contributed by atoms with Crippen molar-refractivity contribution in [1.82, 2.24) is 14.4 Å². The number of aryl methyl sites for hydroxylation is 3. The lowest BCUT2D eigenvalue weighted by Gasteiger charge is -2.23. The predicted octanol–water partition coefficient (Wildman–Crippen LogP) is 4.23. The van der Waals surface area contributed by atoms with Crippen LogP contribution in [-0.4, -0.2) is 56.0 Å². The summed E-state index contributed by atoms with van der Waals surface area (Å²) in [6.07, 6.45) is 1.79. The van der Waals surface area contributed by atoms with Crippen LogP contribution in [-0.2, 0) is 14.3 Å². The molecule has 0 bridgehead atoms. The number of aliphatic hydroxyl groups is 1. The molecule has 0 spiro atoms. The fourth-order valence-corrected chi connectivity index (χ4v) is 5.74. The van der Waals surface area contributed by atoms with Gasteiger partial charge in [-0.05, 0) is 57.0 Å². The van der Waals surface area contributed by atoms with E-state index >= 15 is 0 Å². The molecule has 0 radical (unpaired) electrons. The van der Waals surface area contributed by atoms with Crippen molar-refractivity contribution in [3.8, 4) is 11.5 Å². The van der Waals surface area contributed by atoms with Crippen molar-refractivity contribution in [2.24, 2.45) is 0 Å². The van der Waals surface area contributed by atoms with Gasteiger partial charge < -0.3 is 24.1 Å². The second-order valence-corrected chi connectivity index (χ2v) is 10.1. The van der Waals surface area contributed by atoms with Gasteiger partial charge in [-0.2, -0.15) is 0 Å². The lowest BCUT2D eigenvalue weighted by atomic mass is 9.96. The molecule has 1 amide bonds. The first-order valence-corrected chi connectivity index (χ1v) is 13.2. The van der Waals surface area contributed by atoms with Crippen molar-refractivity contribution in [3.63, 3.8) is 0 Å². The third-order valence-corrected chi connectivity index (χ3v) is 7.86. The fraction of sp³-hybridized carbons (Fsp3) is 0.250. The Bertz CT molecular complexity index is 1740. The van der Waals surface area contributed by atoms with Gasteiger partial charge in [0.2, 0.25) is 0 Å². The number of carbonyl (C=O) groups is 3. The number of benzene rings is 1. The molecule has 11 nitrogen and oxygen atoms in total. The molecule has 1 unspecified atom stereocenters. The van der Waals surface area contributed by atoms with Gasteiger partial charge >= 0.3 is 11.9 Å². The monoisotopic (exact) mass is 562 g/mol. The maximum Gasteiger partial charge on any atom is 0.350 e. The van der Waals surface area contributed by atoms with Crippen molar-refractivity contribution in [1.29, 1.82) is 0 Å². The molecule has 1 aromatic carbocycles. The number of phenolic OH excluding ortho intramolecular Hbond substituents is 1. The Morgan fingerprint density at radius 2 is 1.90 bits per heavy atom. The third-order valence-electron chi connectivity index (χ3n) is 6.72. The van der Waals surface area contributed by atoms with Gasteiger partial charge in [-0.25, -0.2) is 14.8 Å². The Labute approximate surface area is 232 Å². The van der Waals surface area contributed by atoms with Crippen LogP contribution in [0, 0.1) is 20.8 Å². The molecule has 1 atom stereocenters. The second kappa shape index (κ2) is 10.1. The van der Waals surface area contributed by atoms with Gasteiger partial charge in [0.25, 0.3) is 5.78 Å². The summed E-state index contributed by atoms with van der Waals surface area (Å²) in [7, 11) is 1.37. The average Bonchev–Trinajstić information content (AvgIpc) is 3.56. The van der Waals surface area contributed by atoms with E-state index in [9.17, 15) is 24.6 Å². The van der Waals surface area contributed by atoms with E-state index in [0.29, 0.717) is 22.6 Å². The zero-order valence-corrected chi connectivity index (χ0v) is 23.2. The van der Waals surface area contributed by atoms with Gasteiger partial charge in [-0.3, -0.25) is 14.5 Å². The molecule has 12 heteroatoms. The highest BCUT2D eigenvalue weighted by atomic mass is 32.1. The Morgan fingerprint density at radius 1 is 1.15 bits per heavy atom.